The highest BCUT2D eigenvalue weighted by Crippen LogP contribution is 2.21. The average molecular weight is 432 g/mol. The van der Waals surface area contributed by atoms with Crippen LogP contribution in [0.25, 0.3) is 22.3 Å². The minimum atomic E-state index is -0.429. The highest BCUT2D eigenvalue weighted by molar-refractivity contribution is 5.98. The average Bonchev–Trinajstić information content (AvgIpc) is 3.20. The molecule has 0 fully saturated rings. The van der Waals surface area contributed by atoms with Gasteiger partial charge in [0.15, 0.2) is 0 Å². The topological polar surface area (TPSA) is 104 Å². The quantitative estimate of drug-likeness (QED) is 0.501. The molecule has 0 aliphatic heterocycles. The maximum absolute atomic E-state index is 13.2. The predicted octanol–water partition coefficient (Wildman–Crippen LogP) is 1.84. The lowest BCUT2D eigenvalue weighted by molar-refractivity contribution is 0.0942. The summed E-state index contributed by atoms with van der Waals surface area (Å²) in [6.45, 7) is 2.73. The smallest absolute Gasteiger partial charge is 0.332 e. The van der Waals surface area contributed by atoms with Crippen LogP contribution in [0.3, 0.4) is 0 Å². The number of aryl methyl sites for hydroxylation is 2. The van der Waals surface area contributed by atoms with Gasteiger partial charge in [-0.05, 0) is 36.2 Å². The Labute approximate surface area is 184 Å². The fourth-order valence-electron chi connectivity index (χ4n) is 3.89. The van der Waals surface area contributed by atoms with E-state index in [1.54, 1.807) is 36.3 Å². The first-order valence-electron chi connectivity index (χ1n) is 10.4. The second-order valence-corrected chi connectivity index (χ2v) is 7.56. The van der Waals surface area contributed by atoms with Crippen molar-refractivity contribution in [3.05, 3.63) is 81.0 Å². The van der Waals surface area contributed by atoms with Crippen molar-refractivity contribution in [3.63, 3.8) is 0 Å². The van der Waals surface area contributed by atoms with Crippen molar-refractivity contribution in [3.8, 4) is 11.3 Å². The van der Waals surface area contributed by atoms with Crippen LogP contribution in [0.5, 0.6) is 0 Å². The fraction of sp³-hybridized carbons (Fsp3) is 0.261. The van der Waals surface area contributed by atoms with Crippen LogP contribution in [0.15, 0.2) is 58.5 Å². The third-order valence-corrected chi connectivity index (χ3v) is 5.44. The van der Waals surface area contributed by atoms with Crippen LogP contribution in [-0.2, 0) is 27.2 Å². The van der Waals surface area contributed by atoms with Gasteiger partial charge in [0, 0.05) is 51.3 Å². The van der Waals surface area contributed by atoms with Gasteiger partial charge in [-0.25, -0.2) is 4.79 Å². The zero-order valence-electron chi connectivity index (χ0n) is 18.2. The number of pyridine rings is 2. The van der Waals surface area contributed by atoms with Gasteiger partial charge in [-0.1, -0.05) is 13.0 Å². The number of amides is 1. The van der Waals surface area contributed by atoms with Gasteiger partial charge in [-0.2, -0.15) is 0 Å². The Morgan fingerprint density at radius 3 is 2.59 bits per heavy atom. The molecule has 1 amide bonds. The first-order valence-corrected chi connectivity index (χ1v) is 10.4. The van der Waals surface area contributed by atoms with E-state index in [-0.39, 0.29) is 12.5 Å². The molecule has 4 aromatic heterocycles. The van der Waals surface area contributed by atoms with Crippen molar-refractivity contribution in [2.24, 2.45) is 14.1 Å². The molecule has 0 bridgehead atoms. The normalized spacial score (nSPS) is 11.1. The second kappa shape index (κ2) is 8.62. The molecule has 0 aliphatic carbocycles. The number of rotatable bonds is 6. The largest absolute Gasteiger partial charge is 0.347 e. The Bertz CT molecular complexity index is 1420. The van der Waals surface area contributed by atoms with Gasteiger partial charge in [0.05, 0.1) is 11.1 Å². The summed E-state index contributed by atoms with van der Waals surface area (Å²) in [6, 6.07) is 9.02. The van der Waals surface area contributed by atoms with Crippen molar-refractivity contribution in [2.75, 3.05) is 0 Å². The highest BCUT2D eigenvalue weighted by atomic mass is 16.2. The number of fused-ring (bicyclic) bond motifs is 1. The van der Waals surface area contributed by atoms with Gasteiger partial charge in [-0.15, -0.1) is 0 Å². The number of carbonyl (C=O) groups excluding carboxylic acids is 1. The number of aromatic nitrogens is 5. The Morgan fingerprint density at radius 1 is 1.09 bits per heavy atom. The third kappa shape index (κ3) is 3.62. The Hall–Kier alpha value is -4.01. The molecule has 0 spiro atoms. The summed E-state index contributed by atoms with van der Waals surface area (Å²) >= 11 is 0. The van der Waals surface area contributed by atoms with E-state index >= 15 is 0 Å². The molecule has 0 radical (unpaired) electrons. The second-order valence-electron chi connectivity index (χ2n) is 7.56. The summed E-state index contributed by atoms with van der Waals surface area (Å²) in [7, 11) is 3.04. The van der Waals surface area contributed by atoms with Gasteiger partial charge in [0.2, 0.25) is 0 Å². The van der Waals surface area contributed by atoms with Gasteiger partial charge in [-0.3, -0.25) is 28.7 Å². The zero-order chi connectivity index (χ0) is 22.8. The van der Waals surface area contributed by atoms with Gasteiger partial charge < -0.3 is 9.88 Å². The van der Waals surface area contributed by atoms with E-state index in [2.05, 4.69) is 15.3 Å². The van der Waals surface area contributed by atoms with E-state index in [4.69, 9.17) is 0 Å². The van der Waals surface area contributed by atoms with Gasteiger partial charge in [0.1, 0.15) is 11.3 Å². The minimum Gasteiger partial charge on any atom is -0.347 e. The lowest BCUT2D eigenvalue weighted by atomic mass is 10.1. The number of nitrogens with zero attached hydrogens (tertiary/aromatic N) is 5. The Kier molecular flexibility index (Phi) is 5.72. The number of hydrogen-bond donors (Lipinski definition) is 1. The summed E-state index contributed by atoms with van der Waals surface area (Å²) < 4.78 is 4.19. The summed E-state index contributed by atoms with van der Waals surface area (Å²) in [6.07, 6.45) is 5.85. The van der Waals surface area contributed by atoms with E-state index < -0.39 is 11.2 Å². The maximum Gasteiger partial charge on any atom is 0.332 e. The number of nitrogens with one attached hydrogen (secondary N) is 1. The van der Waals surface area contributed by atoms with Crippen LogP contribution in [0.1, 0.15) is 29.4 Å². The fourth-order valence-corrected chi connectivity index (χ4v) is 3.89. The van der Waals surface area contributed by atoms with Crippen molar-refractivity contribution < 1.29 is 4.79 Å². The van der Waals surface area contributed by atoms with Crippen LogP contribution in [0.2, 0.25) is 0 Å². The van der Waals surface area contributed by atoms with Crippen LogP contribution in [0, 0.1) is 0 Å². The first-order chi connectivity index (χ1) is 15.4. The maximum atomic E-state index is 13.2. The predicted molar refractivity (Wildman–Crippen MR) is 121 cm³/mol. The monoisotopic (exact) mass is 432 g/mol. The van der Waals surface area contributed by atoms with Crippen molar-refractivity contribution >= 4 is 16.9 Å². The first kappa shape index (κ1) is 21.2. The van der Waals surface area contributed by atoms with Crippen LogP contribution in [0.4, 0.5) is 0 Å². The Balaban J connectivity index is 1.71. The molecule has 1 N–H and O–H groups in total. The molecule has 32 heavy (non-hydrogen) atoms. The van der Waals surface area contributed by atoms with Gasteiger partial charge >= 0.3 is 5.69 Å². The minimum absolute atomic E-state index is 0.251. The number of hydrogen-bond acceptors (Lipinski definition) is 5. The summed E-state index contributed by atoms with van der Waals surface area (Å²) in [5.74, 6) is -0.329. The lowest BCUT2D eigenvalue weighted by Crippen LogP contribution is -2.37. The molecule has 0 saturated heterocycles. The lowest BCUT2D eigenvalue weighted by Gasteiger charge is -2.13. The standard InChI is InChI=1S/C23H24N6O3/c1-4-11-29-18(12-17-21(29)27(2)23(32)28(3)22(17)31)20(30)26-14-16-8-6-10-25-19(16)15-7-5-9-24-13-15/h5-10,12-13H,4,11,14H2,1-3H3,(H,26,30). The molecule has 0 saturated carbocycles. The van der Waals surface area contributed by atoms with E-state index in [9.17, 15) is 14.4 Å². The highest BCUT2D eigenvalue weighted by Gasteiger charge is 2.21. The summed E-state index contributed by atoms with van der Waals surface area (Å²) in [5, 5.41) is 3.28. The molecular weight excluding hydrogens is 408 g/mol. The van der Waals surface area contributed by atoms with E-state index in [1.165, 1.54) is 11.6 Å². The van der Waals surface area contributed by atoms with Crippen molar-refractivity contribution in [1.29, 1.82) is 0 Å². The number of carbonyl (C=O) groups is 1. The van der Waals surface area contributed by atoms with Crippen molar-refractivity contribution in [2.45, 2.75) is 26.4 Å². The molecule has 0 aliphatic rings. The van der Waals surface area contributed by atoms with Crippen LogP contribution >= 0.6 is 0 Å². The molecule has 4 heterocycles. The molecule has 9 nitrogen and oxygen atoms in total. The molecule has 0 aromatic carbocycles. The third-order valence-electron chi connectivity index (χ3n) is 5.44. The van der Waals surface area contributed by atoms with E-state index in [0.717, 1.165) is 27.8 Å². The molecule has 4 rings (SSSR count). The summed E-state index contributed by atoms with van der Waals surface area (Å²) in [5.41, 5.74) is 2.38. The molecule has 0 unspecified atom stereocenters. The molecule has 164 valence electrons. The van der Waals surface area contributed by atoms with E-state index in [0.29, 0.717) is 23.3 Å². The van der Waals surface area contributed by atoms with E-state index in [1.807, 2.05) is 31.2 Å². The van der Waals surface area contributed by atoms with Crippen LogP contribution in [-0.4, -0.2) is 29.6 Å². The zero-order valence-corrected chi connectivity index (χ0v) is 18.2. The van der Waals surface area contributed by atoms with Crippen molar-refractivity contribution in [1.82, 2.24) is 29.0 Å². The molecule has 9 heteroatoms. The molecule has 4 aromatic rings. The van der Waals surface area contributed by atoms with Crippen LogP contribution < -0.4 is 16.6 Å². The SMILES string of the molecule is CCCn1c(C(=O)NCc2cccnc2-c2cccnc2)cc2c(=O)n(C)c(=O)n(C)c21. The Morgan fingerprint density at radius 2 is 1.88 bits per heavy atom. The molecule has 0 atom stereocenters. The summed E-state index contributed by atoms with van der Waals surface area (Å²) in [4.78, 5) is 46.8. The molecular formula is C23H24N6O3. The van der Waals surface area contributed by atoms with Gasteiger partial charge in [0.25, 0.3) is 11.5 Å².